The van der Waals surface area contributed by atoms with Gasteiger partial charge in [-0.2, -0.15) is 0 Å². The lowest BCUT2D eigenvalue weighted by atomic mass is 9.95. The Bertz CT molecular complexity index is 2510. The summed E-state index contributed by atoms with van der Waals surface area (Å²) in [5, 5.41) is 16.8. The number of allylic oxidation sites excluding steroid dienone is 1. The maximum Gasteiger partial charge on any atom is 0.264 e. The van der Waals surface area contributed by atoms with E-state index in [2.05, 4.69) is 67.9 Å². The van der Waals surface area contributed by atoms with Crippen molar-refractivity contribution in [3.8, 4) is 11.1 Å². The van der Waals surface area contributed by atoms with Crippen LogP contribution in [-0.4, -0.2) is 101 Å². The van der Waals surface area contributed by atoms with Crippen molar-refractivity contribution in [2.45, 2.75) is 90.1 Å². The van der Waals surface area contributed by atoms with Gasteiger partial charge >= 0.3 is 0 Å². The highest BCUT2D eigenvalue weighted by Crippen LogP contribution is 2.34. The number of nitrogens with one attached hydrogen (secondary N) is 4. The summed E-state index contributed by atoms with van der Waals surface area (Å²) in [6, 6.07) is 16.8. The van der Waals surface area contributed by atoms with Gasteiger partial charge < -0.3 is 40.0 Å². The molecule has 16 nitrogen and oxygen atoms in total. The van der Waals surface area contributed by atoms with Crippen molar-refractivity contribution in [1.82, 2.24) is 24.8 Å². The highest BCUT2D eigenvalue weighted by atomic mass is 16.5. The molecule has 8 rings (SSSR count). The molecule has 2 aromatic carbocycles. The van der Waals surface area contributed by atoms with Gasteiger partial charge in [-0.1, -0.05) is 49.2 Å². The summed E-state index contributed by atoms with van der Waals surface area (Å²) in [6.45, 7) is 10.1. The largest absolute Gasteiger partial charge is 0.382 e. The number of rotatable bonds is 21. The molecule has 0 radical (unpaired) electrons. The molecule has 4 N–H and O–H groups in total. The van der Waals surface area contributed by atoms with Crippen molar-refractivity contribution < 1.29 is 37.9 Å². The minimum Gasteiger partial charge on any atom is -0.382 e. The normalized spacial score (nSPS) is 16.6. The van der Waals surface area contributed by atoms with Gasteiger partial charge in [0.2, 0.25) is 11.8 Å². The number of nitrogens with zero attached hydrogens (tertiary/aromatic N) is 4. The van der Waals surface area contributed by atoms with E-state index in [4.69, 9.17) is 23.7 Å². The molecule has 342 valence electrons. The number of imidazole rings is 1. The third-order valence-electron chi connectivity index (χ3n) is 12.2. The molecular weight excluding hydrogens is 829 g/mol. The molecule has 5 heterocycles. The SMILES string of the molecule is C=C1CCC(N2C(=O)c3cccc(NCCOCCOCCOCCC(=O)Nc4ccc(CCc5nc6cc(-c7c(C)noc7C)ccn6c5NC5CCCCC5)cc4)c3C2=O)C(=O)N1. The standard InChI is InChI=1S/C49H58N8O8/c1-31-12-19-41(47(59)51-31)57-48(60)38-10-7-11-39(45(38)49(57)61)50-22-25-63-27-29-64-28-26-62-24-21-43(58)52-37-16-13-34(14-17-37)15-18-40-46(53-36-8-5-4-6-9-36)56-23-20-35(30-42(56)54-40)44-32(2)55-65-33(44)3/h7,10-11,13-14,16-17,20,23,30,36,41,50,53H,1,4-6,8-9,12,15,18-19,21-22,24-29H2,2-3H3,(H,51,59)(H,52,58). The quantitative estimate of drug-likeness (QED) is 0.0436. The van der Waals surface area contributed by atoms with Crippen LogP contribution >= 0.6 is 0 Å². The average Bonchev–Trinajstić information content (AvgIpc) is 3.92. The fraction of sp³-hybridized carbons (Fsp3) is 0.429. The summed E-state index contributed by atoms with van der Waals surface area (Å²) in [5.41, 5.74) is 8.36. The number of amides is 4. The minimum atomic E-state index is -0.864. The summed E-state index contributed by atoms with van der Waals surface area (Å²) in [4.78, 5) is 57.8. The maximum atomic E-state index is 13.3. The van der Waals surface area contributed by atoms with E-state index in [1.54, 1.807) is 18.2 Å². The molecule has 3 aromatic heterocycles. The first kappa shape index (κ1) is 45.2. The van der Waals surface area contributed by atoms with Crippen LogP contribution in [0.3, 0.4) is 0 Å². The van der Waals surface area contributed by atoms with Crippen LogP contribution in [0.15, 0.2) is 77.6 Å². The average molecular weight is 887 g/mol. The van der Waals surface area contributed by atoms with Crippen LogP contribution in [0, 0.1) is 13.8 Å². The highest BCUT2D eigenvalue weighted by Gasteiger charge is 2.45. The van der Waals surface area contributed by atoms with Crippen molar-refractivity contribution in [1.29, 1.82) is 0 Å². The minimum absolute atomic E-state index is 0.128. The molecule has 0 spiro atoms. The summed E-state index contributed by atoms with van der Waals surface area (Å²) < 4.78 is 24.5. The number of anilines is 3. The molecule has 4 amide bonds. The molecule has 2 aliphatic heterocycles. The number of carbonyl (C=O) groups excluding carboxylic acids is 4. The number of imide groups is 1. The fourth-order valence-corrected chi connectivity index (χ4v) is 8.86. The lowest BCUT2D eigenvalue weighted by Gasteiger charge is -2.29. The van der Waals surface area contributed by atoms with Crippen molar-refractivity contribution >= 4 is 46.5 Å². The second-order valence-corrected chi connectivity index (χ2v) is 16.8. The second kappa shape index (κ2) is 21.1. The molecule has 16 heteroatoms. The smallest absolute Gasteiger partial charge is 0.264 e. The molecule has 2 fully saturated rings. The molecular formula is C49H58N8O8. The van der Waals surface area contributed by atoms with Crippen LogP contribution in [0.1, 0.15) is 94.8 Å². The first-order valence-corrected chi connectivity index (χ1v) is 22.7. The molecule has 1 saturated heterocycles. The molecule has 1 saturated carbocycles. The zero-order chi connectivity index (χ0) is 45.3. The second-order valence-electron chi connectivity index (χ2n) is 16.8. The van der Waals surface area contributed by atoms with Gasteiger partial charge in [0, 0.05) is 41.4 Å². The van der Waals surface area contributed by atoms with Gasteiger partial charge in [-0.15, -0.1) is 0 Å². The predicted molar refractivity (Wildman–Crippen MR) is 246 cm³/mol. The number of fused-ring (bicyclic) bond motifs is 2. The number of aromatic nitrogens is 3. The van der Waals surface area contributed by atoms with Gasteiger partial charge in [0.05, 0.1) is 68.6 Å². The molecule has 0 bridgehead atoms. The molecule has 65 heavy (non-hydrogen) atoms. The first-order valence-electron chi connectivity index (χ1n) is 22.7. The molecule has 1 unspecified atom stereocenters. The van der Waals surface area contributed by atoms with E-state index in [-0.39, 0.29) is 30.1 Å². The summed E-state index contributed by atoms with van der Waals surface area (Å²) in [5.74, 6) is 0.365. The summed E-state index contributed by atoms with van der Waals surface area (Å²) >= 11 is 0. The van der Waals surface area contributed by atoms with Gasteiger partial charge in [0.15, 0.2) is 0 Å². The number of pyridine rings is 1. The Balaban J connectivity index is 0.705. The lowest BCUT2D eigenvalue weighted by molar-refractivity contribution is -0.125. The molecule has 5 aromatic rings. The van der Waals surface area contributed by atoms with Crippen molar-refractivity contribution in [3.05, 3.63) is 107 Å². The van der Waals surface area contributed by atoms with Gasteiger partial charge in [-0.3, -0.25) is 28.5 Å². The van der Waals surface area contributed by atoms with Crippen molar-refractivity contribution in [2.75, 3.05) is 62.1 Å². The third-order valence-corrected chi connectivity index (χ3v) is 12.2. The Morgan fingerprint density at radius 3 is 2.37 bits per heavy atom. The zero-order valence-electron chi connectivity index (χ0n) is 37.2. The molecule has 1 atom stereocenters. The van der Waals surface area contributed by atoms with E-state index in [9.17, 15) is 19.2 Å². The highest BCUT2D eigenvalue weighted by molar-refractivity contribution is 6.25. The monoisotopic (exact) mass is 886 g/mol. The van der Waals surface area contributed by atoms with Gasteiger partial charge in [0.1, 0.15) is 23.3 Å². The fourth-order valence-electron chi connectivity index (χ4n) is 8.86. The van der Waals surface area contributed by atoms with Crippen LogP contribution in [0.4, 0.5) is 17.2 Å². The Hall–Kier alpha value is -6.36. The topological polar surface area (TPSA) is 191 Å². The third kappa shape index (κ3) is 10.8. The van der Waals surface area contributed by atoms with Crippen LogP contribution in [0.5, 0.6) is 0 Å². The zero-order valence-corrected chi connectivity index (χ0v) is 37.2. The Morgan fingerprint density at radius 1 is 0.877 bits per heavy atom. The van der Waals surface area contributed by atoms with E-state index in [1.165, 1.54) is 19.3 Å². The van der Waals surface area contributed by atoms with Gasteiger partial charge in [-0.25, -0.2) is 4.98 Å². The number of hydrogen-bond acceptors (Lipinski definition) is 12. The first-order chi connectivity index (χ1) is 31.6. The van der Waals surface area contributed by atoms with Crippen LogP contribution in [-0.2, 0) is 36.6 Å². The maximum absolute atomic E-state index is 13.3. The van der Waals surface area contributed by atoms with Crippen LogP contribution in [0.2, 0.25) is 0 Å². The Kier molecular flexibility index (Phi) is 14.7. The molecule has 3 aliphatic rings. The lowest BCUT2D eigenvalue weighted by Crippen LogP contribution is -2.51. The van der Waals surface area contributed by atoms with Gasteiger partial charge in [0.25, 0.3) is 11.8 Å². The van der Waals surface area contributed by atoms with Crippen molar-refractivity contribution in [3.63, 3.8) is 0 Å². The van der Waals surface area contributed by atoms with Crippen molar-refractivity contribution in [2.24, 2.45) is 0 Å². The number of ether oxygens (including phenoxy) is 3. The van der Waals surface area contributed by atoms with Gasteiger partial charge in [-0.05, 0) is 99.9 Å². The number of benzene rings is 2. The van der Waals surface area contributed by atoms with Crippen LogP contribution in [0.25, 0.3) is 16.8 Å². The Labute approximate surface area is 378 Å². The number of aryl methyl sites for hydroxylation is 4. The molecule has 1 aliphatic carbocycles. The van der Waals surface area contributed by atoms with E-state index in [0.29, 0.717) is 69.8 Å². The number of piperidine rings is 1. The number of hydrogen-bond donors (Lipinski definition) is 4. The summed E-state index contributed by atoms with van der Waals surface area (Å²) in [6.07, 6.45) is 10.8. The summed E-state index contributed by atoms with van der Waals surface area (Å²) in [7, 11) is 0. The van der Waals surface area contributed by atoms with E-state index < -0.39 is 23.8 Å². The number of carbonyl (C=O) groups is 4. The van der Waals surface area contributed by atoms with E-state index in [1.807, 2.05) is 26.0 Å². The van der Waals surface area contributed by atoms with Crippen LogP contribution < -0.4 is 21.3 Å². The van der Waals surface area contributed by atoms with E-state index in [0.717, 1.165) is 81.6 Å². The predicted octanol–water partition coefficient (Wildman–Crippen LogP) is 7.01. The van der Waals surface area contributed by atoms with E-state index >= 15 is 0 Å². The Morgan fingerprint density at radius 2 is 1.63 bits per heavy atom.